The molecule has 0 radical (unpaired) electrons. The molecular weight excluding hydrogens is 378 g/mol. The molecule has 146 valence electrons. The lowest BCUT2D eigenvalue weighted by molar-refractivity contribution is 0.102. The van der Waals surface area contributed by atoms with Crippen molar-refractivity contribution in [1.82, 2.24) is 9.97 Å². The van der Waals surface area contributed by atoms with Gasteiger partial charge in [0.05, 0.1) is 15.6 Å². The number of rotatable bonds is 5. The minimum absolute atomic E-state index is 0.164. The lowest BCUT2D eigenvalue weighted by Gasteiger charge is -2.11. The fourth-order valence-electron chi connectivity index (χ4n) is 3.34. The second-order valence-electron chi connectivity index (χ2n) is 7.08. The summed E-state index contributed by atoms with van der Waals surface area (Å²) >= 11 is 1.71. The van der Waals surface area contributed by atoms with Gasteiger partial charge in [0.1, 0.15) is 5.82 Å². The van der Waals surface area contributed by atoms with Crippen molar-refractivity contribution in [1.29, 1.82) is 0 Å². The zero-order valence-corrected chi connectivity index (χ0v) is 17.4. The quantitative estimate of drug-likeness (QED) is 0.558. The van der Waals surface area contributed by atoms with Crippen molar-refractivity contribution in [3.8, 4) is 10.4 Å². The van der Waals surface area contributed by atoms with Crippen LogP contribution in [-0.2, 0) is 6.42 Å². The summed E-state index contributed by atoms with van der Waals surface area (Å²) in [5, 5.41) is 4.01. The van der Waals surface area contributed by atoms with E-state index in [1.165, 1.54) is 11.1 Å². The van der Waals surface area contributed by atoms with Crippen molar-refractivity contribution in [2.45, 2.75) is 33.1 Å². The number of aromatic nitrogens is 2. The third kappa shape index (κ3) is 4.35. The van der Waals surface area contributed by atoms with E-state index in [1.54, 1.807) is 29.7 Å². The molecule has 29 heavy (non-hydrogen) atoms. The van der Waals surface area contributed by atoms with E-state index in [2.05, 4.69) is 36.3 Å². The van der Waals surface area contributed by atoms with Crippen LogP contribution in [0, 0.1) is 0 Å². The van der Waals surface area contributed by atoms with Crippen LogP contribution in [0.1, 0.15) is 47.7 Å². The minimum atomic E-state index is -0.164. The molecule has 0 saturated carbocycles. The number of hydrogen-bond donors (Lipinski definition) is 1. The molecule has 1 aromatic carbocycles. The number of amides is 1. The minimum Gasteiger partial charge on any atom is -0.307 e. The van der Waals surface area contributed by atoms with Crippen LogP contribution >= 0.6 is 11.3 Å². The molecule has 0 aliphatic heterocycles. The van der Waals surface area contributed by atoms with E-state index in [4.69, 9.17) is 4.98 Å². The second-order valence-corrected chi connectivity index (χ2v) is 8.16. The maximum atomic E-state index is 12.5. The average Bonchev–Trinajstić information content (AvgIpc) is 3.19. The Morgan fingerprint density at radius 1 is 1.21 bits per heavy atom. The Balaban J connectivity index is 1.67. The van der Waals surface area contributed by atoms with E-state index < -0.39 is 0 Å². The molecule has 0 atom stereocenters. The maximum Gasteiger partial charge on any atom is 0.256 e. The molecule has 1 aliphatic rings. The zero-order chi connectivity index (χ0) is 20.2. The van der Waals surface area contributed by atoms with Crippen LogP contribution in [0.2, 0.25) is 0 Å². The third-order valence-electron chi connectivity index (χ3n) is 4.85. The number of anilines is 1. The smallest absolute Gasteiger partial charge is 0.256 e. The first kappa shape index (κ1) is 19.3. The van der Waals surface area contributed by atoms with Crippen LogP contribution in [0.4, 0.5) is 5.82 Å². The van der Waals surface area contributed by atoms with Crippen LogP contribution in [0.3, 0.4) is 0 Å². The number of benzene rings is 1. The highest BCUT2D eigenvalue weighted by molar-refractivity contribution is 7.15. The molecule has 1 aliphatic carbocycles. The molecule has 0 saturated heterocycles. The van der Waals surface area contributed by atoms with Gasteiger partial charge in [0.25, 0.3) is 5.91 Å². The largest absolute Gasteiger partial charge is 0.307 e. The third-order valence-corrected chi connectivity index (χ3v) is 6.10. The molecule has 1 amide bonds. The number of thiazole rings is 1. The van der Waals surface area contributed by atoms with Crippen molar-refractivity contribution >= 4 is 28.6 Å². The molecule has 1 N–H and O–H groups in total. The van der Waals surface area contributed by atoms with Gasteiger partial charge in [0, 0.05) is 11.8 Å². The zero-order valence-electron chi connectivity index (χ0n) is 16.6. The molecule has 0 fully saturated rings. The number of nitrogens with one attached hydrogen (secondary N) is 1. The summed E-state index contributed by atoms with van der Waals surface area (Å²) < 4.78 is 0. The van der Waals surface area contributed by atoms with Gasteiger partial charge in [-0.15, -0.1) is 11.3 Å². The van der Waals surface area contributed by atoms with Crippen molar-refractivity contribution in [2.24, 2.45) is 0 Å². The molecule has 5 heteroatoms. The highest BCUT2D eigenvalue weighted by Crippen LogP contribution is 2.37. The summed E-state index contributed by atoms with van der Waals surface area (Å²) in [6, 6.07) is 13.1. The molecule has 3 aromatic rings. The van der Waals surface area contributed by atoms with E-state index in [-0.39, 0.29) is 5.91 Å². The van der Waals surface area contributed by atoms with E-state index in [9.17, 15) is 4.79 Å². The lowest BCUT2D eigenvalue weighted by Crippen LogP contribution is -2.12. The standard InChI is InChI=1S/C24H23N3OS/c1-3-21-27-22(18-11-7-8-16(2)14-18)23(29-21)19-12-13-25-20(15-19)26-24(28)17-9-5-4-6-10-17/h4-6,9-15H,3,7-8H2,1-2H3,(H,25,26,28). The number of allylic oxidation sites excluding steroid dienone is 4. The number of carbonyl (C=O) groups is 1. The van der Waals surface area contributed by atoms with Gasteiger partial charge in [-0.3, -0.25) is 4.79 Å². The van der Waals surface area contributed by atoms with Crippen molar-refractivity contribution < 1.29 is 4.79 Å². The van der Waals surface area contributed by atoms with Crippen LogP contribution in [-0.4, -0.2) is 15.9 Å². The van der Waals surface area contributed by atoms with Crippen molar-refractivity contribution in [3.63, 3.8) is 0 Å². The predicted molar refractivity (Wildman–Crippen MR) is 120 cm³/mol. The number of hydrogen-bond acceptors (Lipinski definition) is 4. The average molecular weight is 402 g/mol. The first-order valence-corrected chi connectivity index (χ1v) is 10.7. The fraction of sp³-hybridized carbons (Fsp3) is 0.208. The van der Waals surface area contributed by atoms with E-state index >= 15 is 0 Å². The summed E-state index contributed by atoms with van der Waals surface area (Å²) in [5.74, 6) is 0.376. The highest BCUT2D eigenvalue weighted by Gasteiger charge is 2.17. The van der Waals surface area contributed by atoms with Gasteiger partial charge in [-0.1, -0.05) is 42.8 Å². The Labute approximate surface area is 175 Å². The van der Waals surface area contributed by atoms with Crippen LogP contribution in [0.25, 0.3) is 16.0 Å². The Bertz CT molecular complexity index is 1100. The van der Waals surface area contributed by atoms with Crippen molar-refractivity contribution in [2.75, 3.05) is 5.32 Å². The topological polar surface area (TPSA) is 54.9 Å². The van der Waals surface area contributed by atoms with Gasteiger partial charge < -0.3 is 5.32 Å². The number of aryl methyl sites for hydroxylation is 1. The van der Waals surface area contributed by atoms with Gasteiger partial charge in [-0.05, 0) is 61.6 Å². The summed E-state index contributed by atoms with van der Waals surface area (Å²) in [6.07, 6.45) is 9.29. The number of carbonyl (C=O) groups excluding carboxylic acids is 1. The predicted octanol–water partition coefficient (Wildman–Crippen LogP) is 6.14. The Morgan fingerprint density at radius 2 is 2.03 bits per heavy atom. The molecule has 0 spiro atoms. The molecule has 2 aromatic heterocycles. The molecule has 2 heterocycles. The summed E-state index contributed by atoms with van der Waals surface area (Å²) in [7, 11) is 0. The summed E-state index contributed by atoms with van der Waals surface area (Å²) in [5.41, 5.74) is 5.22. The van der Waals surface area contributed by atoms with Gasteiger partial charge in [0.2, 0.25) is 0 Å². The van der Waals surface area contributed by atoms with E-state index in [0.717, 1.165) is 40.4 Å². The Hall–Kier alpha value is -3.05. The molecule has 0 bridgehead atoms. The summed E-state index contributed by atoms with van der Waals surface area (Å²) in [4.78, 5) is 22.8. The van der Waals surface area contributed by atoms with Gasteiger partial charge in [0.15, 0.2) is 0 Å². The molecule has 4 rings (SSSR count). The van der Waals surface area contributed by atoms with Gasteiger partial charge >= 0.3 is 0 Å². The van der Waals surface area contributed by atoms with Gasteiger partial charge in [-0.2, -0.15) is 0 Å². The number of nitrogens with zero attached hydrogens (tertiary/aromatic N) is 2. The van der Waals surface area contributed by atoms with Gasteiger partial charge in [-0.25, -0.2) is 9.97 Å². The lowest BCUT2D eigenvalue weighted by atomic mass is 9.97. The van der Waals surface area contributed by atoms with Crippen LogP contribution in [0.5, 0.6) is 0 Å². The molecule has 4 nitrogen and oxygen atoms in total. The SMILES string of the molecule is CCc1nc(C2=CCCC(C)=C2)c(-c2ccnc(NC(=O)c3ccccc3)c2)s1. The molecular formula is C24H23N3OS. The van der Waals surface area contributed by atoms with E-state index in [0.29, 0.717) is 11.4 Å². The van der Waals surface area contributed by atoms with Crippen LogP contribution < -0.4 is 5.32 Å². The van der Waals surface area contributed by atoms with Crippen molar-refractivity contribution in [3.05, 3.63) is 82.7 Å². The Kier molecular flexibility index (Phi) is 5.67. The monoisotopic (exact) mass is 401 g/mol. The van der Waals surface area contributed by atoms with E-state index in [1.807, 2.05) is 30.3 Å². The Morgan fingerprint density at radius 3 is 2.79 bits per heavy atom. The fourth-order valence-corrected chi connectivity index (χ4v) is 4.36. The first-order chi connectivity index (χ1) is 14.1. The first-order valence-electron chi connectivity index (χ1n) is 9.84. The normalized spacial score (nSPS) is 13.6. The number of pyridine rings is 1. The van der Waals surface area contributed by atoms with Crippen LogP contribution in [0.15, 0.2) is 66.4 Å². The maximum absolute atomic E-state index is 12.5. The highest BCUT2D eigenvalue weighted by atomic mass is 32.1. The molecule has 0 unspecified atom stereocenters. The second kappa shape index (κ2) is 8.53. The summed E-state index contributed by atoms with van der Waals surface area (Å²) in [6.45, 7) is 4.30.